The molecule has 39 heavy (non-hydrogen) atoms. The largest absolute Gasteiger partial charge is 0.490 e. The molecular weight excluding hydrogens is 488 g/mol. The van der Waals surface area contributed by atoms with Crippen LogP contribution in [0.15, 0.2) is 72.5 Å². The van der Waals surface area contributed by atoms with Crippen LogP contribution >= 0.6 is 0 Å². The molecule has 5 rings (SSSR count). The third kappa shape index (κ3) is 6.76. The molecule has 0 unspecified atom stereocenters. The summed E-state index contributed by atoms with van der Waals surface area (Å²) in [6.07, 6.45) is 9.93. The molecule has 3 heterocycles. The van der Waals surface area contributed by atoms with E-state index in [1.54, 1.807) is 19.1 Å². The van der Waals surface area contributed by atoms with Gasteiger partial charge < -0.3 is 14.5 Å². The van der Waals surface area contributed by atoms with Crippen molar-refractivity contribution in [2.75, 3.05) is 32.7 Å². The summed E-state index contributed by atoms with van der Waals surface area (Å²) >= 11 is 0. The van der Waals surface area contributed by atoms with E-state index in [2.05, 4.69) is 28.1 Å². The van der Waals surface area contributed by atoms with Crippen molar-refractivity contribution in [1.82, 2.24) is 14.7 Å². The molecule has 202 valence electrons. The summed E-state index contributed by atoms with van der Waals surface area (Å²) in [4.78, 5) is 31.6. The van der Waals surface area contributed by atoms with Gasteiger partial charge in [-0.2, -0.15) is 5.26 Å². The molecule has 1 amide bonds. The molecule has 0 aromatic heterocycles. The van der Waals surface area contributed by atoms with Crippen molar-refractivity contribution < 1.29 is 14.3 Å². The second-order valence-corrected chi connectivity index (χ2v) is 10.7. The first-order valence-electron chi connectivity index (χ1n) is 13.9. The fourth-order valence-electron chi connectivity index (χ4n) is 5.63. The highest BCUT2D eigenvalue weighted by atomic mass is 16.5. The van der Waals surface area contributed by atoms with Crippen LogP contribution in [0.3, 0.4) is 0 Å². The molecule has 0 spiro atoms. The molecule has 0 bridgehead atoms. The Morgan fingerprint density at radius 3 is 2.28 bits per heavy atom. The monoisotopic (exact) mass is 524 g/mol. The topological polar surface area (TPSA) is 76.9 Å². The van der Waals surface area contributed by atoms with Crippen LogP contribution in [-0.4, -0.2) is 71.3 Å². The minimum atomic E-state index is 0.0446. The Hall–Kier alpha value is -3.89. The van der Waals surface area contributed by atoms with Crippen molar-refractivity contribution in [1.29, 1.82) is 5.26 Å². The van der Waals surface area contributed by atoms with Gasteiger partial charge in [0.2, 0.25) is 0 Å². The average Bonchev–Trinajstić information content (AvgIpc) is 2.98. The Morgan fingerprint density at radius 1 is 0.949 bits per heavy atom. The van der Waals surface area contributed by atoms with Crippen molar-refractivity contribution in [3.63, 3.8) is 0 Å². The Kier molecular flexibility index (Phi) is 8.43. The van der Waals surface area contributed by atoms with Gasteiger partial charge in [0.25, 0.3) is 5.91 Å². The third-order valence-corrected chi connectivity index (χ3v) is 7.97. The summed E-state index contributed by atoms with van der Waals surface area (Å²) in [6.45, 7) is 6.70. The molecule has 7 heteroatoms. The van der Waals surface area contributed by atoms with E-state index in [9.17, 15) is 9.59 Å². The number of nitriles is 1. The van der Waals surface area contributed by atoms with Gasteiger partial charge >= 0.3 is 0 Å². The lowest BCUT2D eigenvalue weighted by Crippen LogP contribution is -2.45. The van der Waals surface area contributed by atoms with Gasteiger partial charge in [-0.25, -0.2) is 0 Å². The number of amides is 1. The van der Waals surface area contributed by atoms with Crippen LogP contribution < -0.4 is 4.74 Å². The van der Waals surface area contributed by atoms with E-state index in [0.717, 1.165) is 63.2 Å². The molecule has 2 aromatic rings. The summed E-state index contributed by atoms with van der Waals surface area (Å²) in [5.74, 6) is 0.905. The number of benzene rings is 2. The van der Waals surface area contributed by atoms with E-state index >= 15 is 0 Å². The van der Waals surface area contributed by atoms with Gasteiger partial charge in [0.05, 0.1) is 17.2 Å². The number of carbonyl (C=O) groups is 2. The lowest BCUT2D eigenvalue weighted by molar-refractivity contribution is -0.128. The standard InChI is InChI=1S/C32H36N4O3/c1-24(37)27-8-10-30(11-9-27)39-31-14-19-35(20-15-31)32(38)28-3-2-16-36(23-28)29-12-17-34(18-13-29)22-26-6-4-25(21-33)5-7-26/h2-11,23,29,31H,12-20,22H2,1H3. The van der Waals surface area contributed by atoms with Crippen molar-refractivity contribution in [3.05, 3.63) is 89.1 Å². The highest BCUT2D eigenvalue weighted by molar-refractivity contribution is 5.96. The van der Waals surface area contributed by atoms with Gasteiger partial charge in [-0.15, -0.1) is 0 Å². The molecule has 3 aliphatic rings. The zero-order valence-corrected chi connectivity index (χ0v) is 22.6. The SMILES string of the molecule is CC(=O)c1ccc(OC2CCN(C(=O)C3=CN(C4CCN(Cc5ccc(C#N)cc5)CC4)CC=C3)CC2)cc1. The van der Waals surface area contributed by atoms with E-state index < -0.39 is 0 Å². The first-order valence-corrected chi connectivity index (χ1v) is 13.9. The van der Waals surface area contributed by atoms with Crippen LogP contribution in [0.5, 0.6) is 5.75 Å². The Labute approximate surface area is 230 Å². The number of ketones is 1. The smallest absolute Gasteiger partial charge is 0.255 e. The molecule has 2 fully saturated rings. The molecule has 0 aliphatic carbocycles. The van der Waals surface area contributed by atoms with Crippen LogP contribution in [0.1, 0.15) is 54.1 Å². The minimum Gasteiger partial charge on any atom is -0.490 e. The molecular formula is C32H36N4O3. The second-order valence-electron chi connectivity index (χ2n) is 10.7. The van der Waals surface area contributed by atoms with Crippen LogP contribution in [0, 0.1) is 11.3 Å². The molecule has 0 radical (unpaired) electrons. The lowest BCUT2D eigenvalue weighted by Gasteiger charge is -2.39. The molecule has 7 nitrogen and oxygen atoms in total. The van der Waals surface area contributed by atoms with Crippen LogP contribution in [-0.2, 0) is 11.3 Å². The van der Waals surface area contributed by atoms with E-state index in [0.29, 0.717) is 30.3 Å². The number of piperidine rings is 2. The summed E-state index contributed by atoms with van der Waals surface area (Å²) in [5, 5.41) is 9.00. The fraction of sp³-hybridized carbons (Fsp3) is 0.406. The number of likely N-dealkylation sites (tertiary alicyclic amines) is 2. The van der Waals surface area contributed by atoms with E-state index in [1.165, 1.54) is 5.56 Å². The maximum atomic E-state index is 13.3. The number of rotatable bonds is 7. The second kappa shape index (κ2) is 12.3. The Morgan fingerprint density at radius 2 is 1.64 bits per heavy atom. The van der Waals surface area contributed by atoms with Gasteiger partial charge in [-0.3, -0.25) is 14.5 Å². The average molecular weight is 525 g/mol. The third-order valence-electron chi connectivity index (χ3n) is 7.97. The predicted octanol–water partition coefficient (Wildman–Crippen LogP) is 4.55. The zero-order chi connectivity index (χ0) is 27.2. The zero-order valence-electron chi connectivity index (χ0n) is 22.6. The minimum absolute atomic E-state index is 0.0446. The van der Waals surface area contributed by atoms with E-state index in [1.807, 2.05) is 47.4 Å². The molecule has 2 aromatic carbocycles. The number of hydrogen-bond donors (Lipinski definition) is 0. The summed E-state index contributed by atoms with van der Waals surface area (Å²) in [5.41, 5.74) is 3.38. The number of Topliss-reactive ketones (excluding diaryl/α,β-unsaturated/α-hetero) is 1. The highest BCUT2D eigenvalue weighted by Gasteiger charge is 2.28. The van der Waals surface area contributed by atoms with Crippen molar-refractivity contribution in [3.8, 4) is 11.8 Å². The number of ether oxygens (including phenoxy) is 1. The van der Waals surface area contributed by atoms with Crippen LogP contribution in [0.2, 0.25) is 0 Å². The van der Waals surface area contributed by atoms with Crippen LogP contribution in [0.4, 0.5) is 0 Å². The molecule has 0 N–H and O–H groups in total. The van der Waals surface area contributed by atoms with E-state index in [-0.39, 0.29) is 17.8 Å². The highest BCUT2D eigenvalue weighted by Crippen LogP contribution is 2.24. The van der Waals surface area contributed by atoms with Crippen LogP contribution in [0.25, 0.3) is 0 Å². The number of nitrogens with zero attached hydrogens (tertiary/aromatic N) is 4. The molecule has 0 saturated carbocycles. The van der Waals surface area contributed by atoms with Crippen molar-refractivity contribution >= 4 is 11.7 Å². The molecule has 2 saturated heterocycles. The number of carbonyl (C=O) groups excluding carboxylic acids is 2. The fourth-order valence-corrected chi connectivity index (χ4v) is 5.63. The molecule has 0 atom stereocenters. The van der Waals surface area contributed by atoms with Crippen molar-refractivity contribution in [2.24, 2.45) is 0 Å². The Balaban J connectivity index is 1.09. The quantitative estimate of drug-likeness (QED) is 0.495. The van der Waals surface area contributed by atoms with Crippen molar-refractivity contribution in [2.45, 2.75) is 51.3 Å². The van der Waals surface area contributed by atoms with Gasteiger partial charge in [0.15, 0.2) is 5.78 Å². The van der Waals surface area contributed by atoms with Gasteiger partial charge in [-0.1, -0.05) is 24.3 Å². The normalized spacial score (nSPS) is 18.9. The van der Waals surface area contributed by atoms with Gasteiger partial charge in [0, 0.05) is 69.9 Å². The molecule has 3 aliphatic heterocycles. The number of hydrogen-bond acceptors (Lipinski definition) is 6. The maximum absolute atomic E-state index is 13.3. The first kappa shape index (κ1) is 26.7. The maximum Gasteiger partial charge on any atom is 0.255 e. The first-order chi connectivity index (χ1) is 19.0. The lowest BCUT2D eigenvalue weighted by atomic mass is 10.0. The predicted molar refractivity (Wildman–Crippen MR) is 150 cm³/mol. The van der Waals surface area contributed by atoms with Gasteiger partial charge in [0.1, 0.15) is 11.9 Å². The summed E-state index contributed by atoms with van der Waals surface area (Å²) in [7, 11) is 0. The summed E-state index contributed by atoms with van der Waals surface area (Å²) < 4.78 is 6.11. The van der Waals surface area contributed by atoms with E-state index in [4.69, 9.17) is 10.00 Å². The van der Waals surface area contributed by atoms with Gasteiger partial charge in [-0.05, 0) is 61.7 Å². The Bertz CT molecular complexity index is 1260. The summed E-state index contributed by atoms with van der Waals surface area (Å²) in [6, 6.07) is 17.7.